The van der Waals surface area contributed by atoms with Crippen LogP contribution in [0.3, 0.4) is 0 Å². The van der Waals surface area contributed by atoms with Crippen molar-refractivity contribution in [3.8, 4) is 5.75 Å². The van der Waals surface area contributed by atoms with Gasteiger partial charge >= 0.3 is 0 Å². The van der Waals surface area contributed by atoms with Crippen molar-refractivity contribution in [1.29, 1.82) is 0 Å². The van der Waals surface area contributed by atoms with E-state index in [1.165, 1.54) is 57.6 Å². The largest absolute Gasteiger partial charge is 0.491 e. The normalized spacial score (nSPS) is 10.6. The predicted octanol–water partition coefficient (Wildman–Crippen LogP) is 5.55. The highest BCUT2D eigenvalue weighted by molar-refractivity contribution is 5.94. The van der Waals surface area contributed by atoms with Gasteiger partial charge in [-0.25, -0.2) is 4.39 Å². The third-order valence-electron chi connectivity index (χ3n) is 3.59. The van der Waals surface area contributed by atoms with Gasteiger partial charge in [0.25, 0.3) is 0 Å². The Hall–Kier alpha value is -1.38. The number of Topliss-reactive ketones (excluding diaryl/α,β-unsaturated/α-hetero) is 1. The molecule has 0 unspecified atom stereocenters. The fraction of sp³-hybridized carbons (Fsp3) is 0.611. The second-order valence-corrected chi connectivity index (χ2v) is 5.52. The van der Waals surface area contributed by atoms with Crippen molar-refractivity contribution < 1.29 is 13.9 Å². The van der Waals surface area contributed by atoms with Crippen LogP contribution in [-0.2, 0) is 0 Å². The fourth-order valence-electron chi connectivity index (χ4n) is 2.25. The summed E-state index contributed by atoms with van der Waals surface area (Å²) in [5, 5.41) is 0. The Kier molecular flexibility index (Phi) is 8.72. The molecule has 0 fully saturated rings. The zero-order valence-electron chi connectivity index (χ0n) is 13.3. The predicted molar refractivity (Wildman–Crippen MR) is 84.5 cm³/mol. The SMILES string of the molecule is CCCCCCCCCCOc1ccc(C(C)=O)cc1F. The molecule has 0 radical (unpaired) electrons. The van der Waals surface area contributed by atoms with E-state index in [0.717, 1.165) is 12.8 Å². The second-order valence-electron chi connectivity index (χ2n) is 5.52. The van der Waals surface area contributed by atoms with Crippen LogP contribution in [0.5, 0.6) is 5.75 Å². The third-order valence-corrected chi connectivity index (χ3v) is 3.59. The van der Waals surface area contributed by atoms with Crippen molar-refractivity contribution in [3.63, 3.8) is 0 Å². The van der Waals surface area contributed by atoms with Crippen molar-refractivity contribution >= 4 is 5.78 Å². The molecule has 0 bridgehead atoms. The molecule has 0 N–H and O–H groups in total. The standard InChI is InChI=1S/C18H27FO2/c1-3-4-5-6-7-8-9-10-13-21-18-12-11-16(15(2)20)14-17(18)19/h11-12,14H,3-10,13H2,1-2H3. The Balaban J connectivity index is 2.14. The highest BCUT2D eigenvalue weighted by atomic mass is 19.1. The van der Waals surface area contributed by atoms with E-state index in [1.807, 2.05) is 0 Å². The first-order valence-corrected chi connectivity index (χ1v) is 8.08. The van der Waals surface area contributed by atoms with E-state index in [0.29, 0.717) is 12.2 Å². The molecule has 118 valence electrons. The monoisotopic (exact) mass is 294 g/mol. The van der Waals surface area contributed by atoms with Gasteiger partial charge in [0, 0.05) is 5.56 Å². The van der Waals surface area contributed by atoms with Gasteiger partial charge in [0.05, 0.1) is 6.61 Å². The minimum Gasteiger partial charge on any atom is -0.491 e. The number of carbonyl (C=O) groups is 1. The molecule has 0 aromatic heterocycles. The molecule has 2 nitrogen and oxygen atoms in total. The average molecular weight is 294 g/mol. The lowest BCUT2D eigenvalue weighted by atomic mass is 10.1. The molecular weight excluding hydrogens is 267 g/mol. The molecule has 0 spiro atoms. The second kappa shape index (κ2) is 10.4. The van der Waals surface area contributed by atoms with Gasteiger partial charge in [-0.05, 0) is 31.5 Å². The maximum absolute atomic E-state index is 13.7. The number of benzene rings is 1. The summed E-state index contributed by atoms with van der Waals surface area (Å²) in [4.78, 5) is 11.1. The number of hydrogen-bond donors (Lipinski definition) is 0. The Labute approximate surface area is 127 Å². The molecule has 0 saturated heterocycles. The van der Waals surface area contributed by atoms with Gasteiger partial charge in [0.15, 0.2) is 17.3 Å². The van der Waals surface area contributed by atoms with Crippen LogP contribution in [-0.4, -0.2) is 12.4 Å². The van der Waals surface area contributed by atoms with Crippen molar-refractivity contribution in [2.24, 2.45) is 0 Å². The highest BCUT2D eigenvalue weighted by Crippen LogP contribution is 2.19. The maximum atomic E-state index is 13.7. The van der Waals surface area contributed by atoms with Crippen LogP contribution in [0.2, 0.25) is 0 Å². The number of carbonyl (C=O) groups excluding carboxylic acids is 1. The van der Waals surface area contributed by atoms with Crippen LogP contribution in [0.1, 0.15) is 75.6 Å². The summed E-state index contributed by atoms with van der Waals surface area (Å²) in [5.74, 6) is -0.353. The lowest BCUT2D eigenvalue weighted by Gasteiger charge is -2.08. The zero-order valence-corrected chi connectivity index (χ0v) is 13.3. The van der Waals surface area contributed by atoms with Crippen LogP contribution in [0, 0.1) is 5.82 Å². The number of ether oxygens (including phenoxy) is 1. The van der Waals surface area contributed by atoms with E-state index >= 15 is 0 Å². The number of halogens is 1. The molecular formula is C18H27FO2. The van der Waals surface area contributed by atoms with E-state index in [1.54, 1.807) is 6.07 Å². The summed E-state index contributed by atoms with van der Waals surface area (Å²) >= 11 is 0. The summed E-state index contributed by atoms with van der Waals surface area (Å²) in [6, 6.07) is 4.39. The summed E-state index contributed by atoms with van der Waals surface area (Å²) < 4.78 is 19.1. The highest BCUT2D eigenvalue weighted by Gasteiger charge is 2.07. The number of ketones is 1. The van der Waals surface area contributed by atoms with Crippen LogP contribution in [0.4, 0.5) is 4.39 Å². The van der Waals surface area contributed by atoms with E-state index in [4.69, 9.17) is 4.74 Å². The summed E-state index contributed by atoms with van der Waals surface area (Å²) in [7, 11) is 0. The van der Waals surface area contributed by atoms with Crippen molar-refractivity contribution in [2.45, 2.75) is 65.2 Å². The summed E-state index contributed by atoms with van der Waals surface area (Å²) in [6.45, 7) is 4.18. The molecule has 21 heavy (non-hydrogen) atoms. The van der Waals surface area contributed by atoms with Gasteiger partial charge in [0.2, 0.25) is 0 Å². The minimum absolute atomic E-state index is 0.136. The molecule has 1 aromatic carbocycles. The molecule has 0 aliphatic heterocycles. The van der Waals surface area contributed by atoms with E-state index < -0.39 is 5.82 Å². The summed E-state index contributed by atoms with van der Waals surface area (Å²) in [5.41, 5.74) is 0.381. The molecule has 1 rings (SSSR count). The maximum Gasteiger partial charge on any atom is 0.165 e. The van der Waals surface area contributed by atoms with Gasteiger partial charge < -0.3 is 4.74 Å². The van der Waals surface area contributed by atoms with Crippen molar-refractivity contribution in [2.75, 3.05) is 6.61 Å². The van der Waals surface area contributed by atoms with Gasteiger partial charge in [-0.3, -0.25) is 4.79 Å². The lowest BCUT2D eigenvalue weighted by molar-refractivity contribution is 0.101. The van der Waals surface area contributed by atoms with Gasteiger partial charge in [-0.1, -0.05) is 51.9 Å². The molecule has 0 aliphatic rings. The van der Waals surface area contributed by atoms with Crippen molar-refractivity contribution in [1.82, 2.24) is 0 Å². The Bertz CT molecular complexity index is 429. The first kappa shape index (κ1) is 17.7. The van der Waals surface area contributed by atoms with Crippen LogP contribution in [0.15, 0.2) is 18.2 Å². The van der Waals surface area contributed by atoms with E-state index in [2.05, 4.69) is 6.92 Å². The number of hydrogen-bond acceptors (Lipinski definition) is 2. The van der Waals surface area contributed by atoms with E-state index in [9.17, 15) is 9.18 Å². The fourth-order valence-corrected chi connectivity index (χ4v) is 2.25. The molecule has 0 aliphatic carbocycles. The molecule has 0 amide bonds. The van der Waals surface area contributed by atoms with E-state index in [-0.39, 0.29) is 11.5 Å². The quantitative estimate of drug-likeness (QED) is 0.395. The van der Waals surface area contributed by atoms with Gasteiger partial charge in [0.1, 0.15) is 0 Å². The molecule has 3 heteroatoms. The first-order chi connectivity index (χ1) is 10.1. The molecule has 1 aromatic rings. The Morgan fingerprint density at radius 1 is 1.05 bits per heavy atom. The third kappa shape index (κ3) is 7.26. The smallest absolute Gasteiger partial charge is 0.165 e. The minimum atomic E-state index is -0.456. The van der Waals surface area contributed by atoms with Crippen LogP contribution >= 0.6 is 0 Å². The number of rotatable bonds is 11. The molecule has 0 heterocycles. The zero-order chi connectivity index (χ0) is 15.5. The van der Waals surface area contributed by atoms with Crippen molar-refractivity contribution in [3.05, 3.63) is 29.6 Å². The lowest BCUT2D eigenvalue weighted by Crippen LogP contribution is -2.01. The molecule has 0 saturated carbocycles. The number of unbranched alkanes of at least 4 members (excludes halogenated alkanes) is 7. The Morgan fingerprint density at radius 3 is 2.24 bits per heavy atom. The van der Waals surface area contributed by atoms with Gasteiger partial charge in [-0.15, -0.1) is 0 Å². The van der Waals surface area contributed by atoms with Crippen LogP contribution < -0.4 is 4.74 Å². The first-order valence-electron chi connectivity index (χ1n) is 8.08. The topological polar surface area (TPSA) is 26.3 Å². The van der Waals surface area contributed by atoms with Gasteiger partial charge in [-0.2, -0.15) is 0 Å². The average Bonchev–Trinajstić information content (AvgIpc) is 2.46. The van der Waals surface area contributed by atoms with Crippen LogP contribution in [0.25, 0.3) is 0 Å². The Morgan fingerprint density at radius 2 is 1.67 bits per heavy atom. The molecule has 0 atom stereocenters. The summed E-state index contributed by atoms with van der Waals surface area (Å²) in [6.07, 6.45) is 9.83.